The van der Waals surface area contributed by atoms with Gasteiger partial charge in [-0.3, -0.25) is 4.79 Å². The molecule has 24 heavy (non-hydrogen) atoms. The third-order valence-electron chi connectivity index (χ3n) is 4.02. The third kappa shape index (κ3) is 5.20. The van der Waals surface area contributed by atoms with Gasteiger partial charge in [-0.1, -0.05) is 12.1 Å². The average molecular weight is 364 g/mol. The predicted octanol–water partition coefficient (Wildman–Crippen LogP) is 1.93. The topological polar surface area (TPSA) is 80.5 Å². The number of sulfonamides is 1. The maximum absolute atomic E-state index is 12.2. The van der Waals surface area contributed by atoms with Crippen molar-refractivity contribution in [3.8, 4) is 0 Å². The van der Waals surface area contributed by atoms with E-state index in [-0.39, 0.29) is 19.0 Å². The summed E-state index contributed by atoms with van der Waals surface area (Å²) in [4.78, 5) is 11.2. The number of hydrogen-bond acceptors (Lipinski definition) is 3. The zero-order chi connectivity index (χ0) is 18.0. The summed E-state index contributed by atoms with van der Waals surface area (Å²) >= 11 is 0. The molecule has 1 aromatic carbocycles. The van der Waals surface area contributed by atoms with Crippen LogP contribution in [0.5, 0.6) is 0 Å². The number of alkyl halides is 3. The minimum Gasteiger partial charge on any atom is -0.366 e. The second kappa shape index (κ2) is 7.10. The van der Waals surface area contributed by atoms with E-state index in [9.17, 15) is 26.4 Å². The van der Waals surface area contributed by atoms with Crippen molar-refractivity contribution in [2.45, 2.75) is 25.4 Å². The maximum Gasteiger partial charge on any atom is 0.390 e. The second-order valence-electron chi connectivity index (χ2n) is 5.96. The number of nitrogens with two attached hydrogens (primary N) is 1. The zero-order valence-electron chi connectivity index (χ0n) is 12.9. The summed E-state index contributed by atoms with van der Waals surface area (Å²) in [5.74, 6) is -1.45. The smallest absolute Gasteiger partial charge is 0.366 e. The van der Waals surface area contributed by atoms with Crippen LogP contribution >= 0.6 is 0 Å². The highest BCUT2D eigenvalue weighted by Crippen LogP contribution is 2.26. The molecule has 1 aliphatic rings. The summed E-state index contributed by atoms with van der Waals surface area (Å²) in [6.07, 6.45) is -4.70. The Kier molecular flexibility index (Phi) is 5.54. The lowest BCUT2D eigenvalue weighted by atomic mass is 9.97. The minimum absolute atomic E-state index is 0.00814. The monoisotopic (exact) mass is 364 g/mol. The van der Waals surface area contributed by atoms with Gasteiger partial charge in [0, 0.05) is 18.7 Å². The van der Waals surface area contributed by atoms with E-state index < -0.39 is 34.3 Å². The van der Waals surface area contributed by atoms with Crippen molar-refractivity contribution < 1.29 is 26.4 Å². The Morgan fingerprint density at radius 2 is 2.04 bits per heavy atom. The number of carbonyl (C=O) groups is 1. The van der Waals surface area contributed by atoms with Gasteiger partial charge in [-0.05, 0) is 36.5 Å². The molecule has 0 aliphatic carbocycles. The number of amides is 1. The highest BCUT2D eigenvalue weighted by Gasteiger charge is 2.35. The minimum atomic E-state index is -4.48. The molecule has 1 fully saturated rings. The fourth-order valence-corrected chi connectivity index (χ4v) is 4.34. The van der Waals surface area contributed by atoms with Gasteiger partial charge in [-0.2, -0.15) is 13.2 Å². The Morgan fingerprint density at radius 1 is 1.33 bits per heavy atom. The van der Waals surface area contributed by atoms with Crippen molar-refractivity contribution in [2.75, 3.05) is 18.8 Å². The lowest BCUT2D eigenvalue weighted by Crippen LogP contribution is -2.32. The number of nitrogens with zero attached hydrogens (tertiary/aromatic N) is 1. The quantitative estimate of drug-likeness (QED) is 0.838. The molecule has 1 aromatic rings. The zero-order valence-corrected chi connectivity index (χ0v) is 13.7. The molecule has 9 heteroatoms. The van der Waals surface area contributed by atoms with E-state index in [1.54, 1.807) is 18.2 Å². The van der Waals surface area contributed by atoms with Gasteiger partial charge in [0.15, 0.2) is 0 Å². The van der Waals surface area contributed by atoms with E-state index in [0.29, 0.717) is 18.4 Å². The third-order valence-corrected chi connectivity index (χ3v) is 5.86. The Labute approximate surface area is 138 Å². The normalized spacial score (nSPS) is 19.5. The van der Waals surface area contributed by atoms with Gasteiger partial charge in [0.1, 0.15) is 0 Å². The van der Waals surface area contributed by atoms with Crippen LogP contribution in [-0.4, -0.2) is 43.6 Å². The first kappa shape index (κ1) is 18.7. The van der Waals surface area contributed by atoms with Crippen LogP contribution in [-0.2, 0) is 16.4 Å². The number of rotatable bonds is 6. The molecule has 0 radical (unpaired) electrons. The molecule has 2 rings (SSSR count). The summed E-state index contributed by atoms with van der Waals surface area (Å²) in [7, 11) is -3.90. The Morgan fingerprint density at radius 3 is 2.67 bits per heavy atom. The first-order valence-electron chi connectivity index (χ1n) is 7.50. The molecular formula is C15H19F3N2O3S. The summed E-state index contributed by atoms with van der Waals surface area (Å²) in [6, 6.07) is 6.76. The van der Waals surface area contributed by atoms with Crippen molar-refractivity contribution in [2.24, 2.45) is 11.7 Å². The van der Waals surface area contributed by atoms with Crippen LogP contribution in [0, 0.1) is 5.92 Å². The fourth-order valence-electron chi connectivity index (χ4n) is 2.78. The number of carbonyl (C=O) groups excluding carboxylic acids is 1. The maximum atomic E-state index is 12.2. The summed E-state index contributed by atoms with van der Waals surface area (Å²) in [5.41, 5.74) is 6.45. The van der Waals surface area contributed by atoms with Gasteiger partial charge >= 0.3 is 6.18 Å². The Hall–Kier alpha value is -1.61. The molecule has 2 N–H and O–H groups in total. The van der Waals surface area contributed by atoms with Crippen molar-refractivity contribution in [3.63, 3.8) is 0 Å². The SMILES string of the molecule is NC(=O)c1cccc(CC2CCN(S(=O)(=O)CCC(F)(F)F)C2)c1. The van der Waals surface area contributed by atoms with Gasteiger partial charge < -0.3 is 5.73 Å². The molecule has 134 valence electrons. The highest BCUT2D eigenvalue weighted by molar-refractivity contribution is 7.89. The van der Waals surface area contributed by atoms with E-state index in [4.69, 9.17) is 5.73 Å². The molecule has 1 heterocycles. The first-order chi connectivity index (χ1) is 11.1. The van der Waals surface area contributed by atoms with Gasteiger partial charge in [0.2, 0.25) is 15.9 Å². The molecule has 1 saturated heterocycles. The van der Waals surface area contributed by atoms with E-state index in [2.05, 4.69) is 0 Å². The Balaban J connectivity index is 1.95. The van der Waals surface area contributed by atoms with Crippen LogP contribution < -0.4 is 5.73 Å². The van der Waals surface area contributed by atoms with Crippen LogP contribution in [0.15, 0.2) is 24.3 Å². The molecule has 0 spiro atoms. The summed E-state index contributed by atoms with van der Waals surface area (Å²) in [5, 5.41) is 0. The van der Waals surface area contributed by atoms with Crippen LogP contribution in [0.25, 0.3) is 0 Å². The van der Waals surface area contributed by atoms with Gasteiger partial charge in [-0.15, -0.1) is 0 Å². The molecule has 0 saturated carbocycles. The number of hydrogen-bond donors (Lipinski definition) is 1. The van der Waals surface area contributed by atoms with E-state index in [0.717, 1.165) is 9.87 Å². The fraction of sp³-hybridized carbons (Fsp3) is 0.533. The predicted molar refractivity (Wildman–Crippen MR) is 82.8 cm³/mol. The highest BCUT2D eigenvalue weighted by atomic mass is 32.2. The first-order valence-corrected chi connectivity index (χ1v) is 9.11. The number of halogens is 3. The largest absolute Gasteiger partial charge is 0.390 e. The lowest BCUT2D eigenvalue weighted by molar-refractivity contribution is -0.130. The second-order valence-corrected chi connectivity index (χ2v) is 8.05. The molecular weight excluding hydrogens is 345 g/mol. The van der Waals surface area contributed by atoms with Crippen molar-refractivity contribution in [1.29, 1.82) is 0 Å². The molecule has 1 aliphatic heterocycles. The molecule has 1 unspecified atom stereocenters. The summed E-state index contributed by atoms with van der Waals surface area (Å²) in [6.45, 7) is 0.418. The standard InChI is InChI=1S/C15H19F3N2O3S/c16-15(17,18)5-7-24(22,23)20-6-4-12(10-20)8-11-2-1-3-13(9-11)14(19)21/h1-3,9,12H,4-8,10H2,(H2,19,21). The van der Waals surface area contributed by atoms with Crippen LogP contribution in [0.1, 0.15) is 28.8 Å². The summed E-state index contributed by atoms with van der Waals surface area (Å²) < 4.78 is 61.8. The molecule has 1 atom stereocenters. The van der Waals surface area contributed by atoms with E-state index in [1.165, 1.54) is 0 Å². The van der Waals surface area contributed by atoms with E-state index >= 15 is 0 Å². The van der Waals surface area contributed by atoms with Crippen LogP contribution in [0.2, 0.25) is 0 Å². The van der Waals surface area contributed by atoms with Crippen LogP contribution in [0.4, 0.5) is 13.2 Å². The lowest BCUT2D eigenvalue weighted by Gasteiger charge is -2.17. The Bertz CT molecular complexity index is 704. The molecule has 0 aromatic heterocycles. The molecule has 0 bridgehead atoms. The van der Waals surface area contributed by atoms with Gasteiger partial charge in [-0.25, -0.2) is 12.7 Å². The molecule has 5 nitrogen and oxygen atoms in total. The van der Waals surface area contributed by atoms with Crippen molar-refractivity contribution in [1.82, 2.24) is 4.31 Å². The van der Waals surface area contributed by atoms with Crippen LogP contribution in [0.3, 0.4) is 0 Å². The number of benzene rings is 1. The average Bonchev–Trinajstić information content (AvgIpc) is 2.94. The number of primary amides is 1. The van der Waals surface area contributed by atoms with E-state index in [1.807, 2.05) is 6.07 Å². The van der Waals surface area contributed by atoms with Crippen molar-refractivity contribution >= 4 is 15.9 Å². The van der Waals surface area contributed by atoms with Gasteiger partial charge in [0.05, 0.1) is 12.2 Å². The molecule has 1 amide bonds. The van der Waals surface area contributed by atoms with Gasteiger partial charge in [0.25, 0.3) is 0 Å². The van der Waals surface area contributed by atoms with Crippen molar-refractivity contribution in [3.05, 3.63) is 35.4 Å².